The van der Waals surface area contributed by atoms with Crippen molar-refractivity contribution in [3.8, 4) is 17.1 Å². The van der Waals surface area contributed by atoms with Crippen molar-refractivity contribution in [1.29, 1.82) is 0 Å². The van der Waals surface area contributed by atoms with Crippen LogP contribution in [-0.4, -0.2) is 52.9 Å². The summed E-state index contributed by atoms with van der Waals surface area (Å²) in [4.78, 5) is 21.7. The lowest BCUT2D eigenvalue weighted by Gasteiger charge is -2.31. The van der Waals surface area contributed by atoms with Crippen molar-refractivity contribution in [3.05, 3.63) is 65.2 Å². The maximum atomic E-state index is 11.4. The van der Waals surface area contributed by atoms with Crippen molar-refractivity contribution in [2.45, 2.75) is 78.3 Å². The van der Waals surface area contributed by atoms with Gasteiger partial charge in [0.25, 0.3) is 0 Å². The number of hydrogen-bond acceptors (Lipinski definition) is 8. The Morgan fingerprint density at radius 3 is 2.50 bits per heavy atom. The smallest absolute Gasteiger partial charge is 0.335 e. The van der Waals surface area contributed by atoms with Gasteiger partial charge in [0.1, 0.15) is 6.61 Å². The minimum atomic E-state index is -0.970. The zero-order chi connectivity index (χ0) is 30.5. The fourth-order valence-electron chi connectivity index (χ4n) is 5.26. The number of nitrogens with one attached hydrogen (secondary N) is 2. The number of carboxylic acid groups (broad SMARTS) is 1. The number of nitrogens with zero attached hydrogens (tertiary/aromatic N) is 2. The Labute approximate surface area is 254 Å². The van der Waals surface area contributed by atoms with Crippen LogP contribution < -0.4 is 14.8 Å². The van der Waals surface area contributed by atoms with Crippen LogP contribution in [0.2, 0.25) is 0 Å². The van der Waals surface area contributed by atoms with E-state index in [2.05, 4.69) is 75.6 Å². The largest absolute Gasteiger partial charge is 0.478 e. The Morgan fingerprint density at radius 2 is 1.86 bits per heavy atom. The Hall–Kier alpha value is -3.14. The van der Waals surface area contributed by atoms with E-state index in [1.807, 2.05) is 18.2 Å². The lowest BCUT2D eigenvalue weighted by Crippen LogP contribution is -2.44. The first-order valence-electron chi connectivity index (χ1n) is 14.5. The Bertz CT molecular complexity index is 1370. The summed E-state index contributed by atoms with van der Waals surface area (Å²) in [6.45, 7) is 17.4. The summed E-state index contributed by atoms with van der Waals surface area (Å²) in [6.07, 6.45) is 2.16. The zero-order valence-corrected chi connectivity index (χ0v) is 26.6. The van der Waals surface area contributed by atoms with Gasteiger partial charge in [0.2, 0.25) is 11.8 Å². The van der Waals surface area contributed by atoms with E-state index in [4.69, 9.17) is 14.5 Å². The van der Waals surface area contributed by atoms with Gasteiger partial charge in [-0.1, -0.05) is 58.9 Å². The summed E-state index contributed by atoms with van der Waals surface area (Å²) in [5.41, 5.74) is 4.50. The quantitative estimate of drug-likeness (QED) is 0.189. The summed E-state index contributed by atoms with van der Waals surface area (Å²) >= 11 is 1.26. The lowest BCUT2D eigenvalue weighted by atomic mass is 9.85. The molecule has 0 bridgehead atoms. The fourth-order valence-corrected chi connectivity index (χ4v) is 5.90. The predicted octanol–water partition coefficient (Wildman–Crippen LogP) is 7.17. The molecule has 8 nitrogen and oxygen atoms in total. The molecule has 0 saturated carbocycles. The lowest BCUT2D eigenvalue weighted by molar-refractivity contribution is 0.0575. The number of ether oxygens (including phenoxy) is 2. The number of aromatic carboxylic acids is 1. The van der Waals surface area contributed by atoms with E-state index in [1.54, 1.807) is 18.2 Å². The van der Waals surface area contributed by atoms with E-state index < -0.39 is 5.97 Å². The molecule has 2 unspecified atom stereocenters. The van der Waals surface area contributed by atoms with Crippen molar-refractivity contribution in [2.24, 2.45) is 10.8 Å². The van der Waals surface area contributed by atoms with E-state index in [0.29, 0.717) is 18.4 Å². The third-order valence-corrected chi connectivity index (χ3v) is 8.38. The molecule has 2 aromatic carbocycles. The number of hydrogen-bond donors (Lipinski definition) is 3. The number of rotatable bonds is 12. The average molecular weight is 593 g/mol. The molecular formula is C33H44N4O4S. The highest BCUT2D eigenvalue weighted by atomic mass is 32.2. The zero-order valence-electron chi connectivity index (χ0n) is 25.8. The molecule has 0 spiro atoms. The molecule has 0 radical (unpaired) electrons. The summed E-state index contributed by atoms with van der Waals surface area (Å²) < 4.78 is 15.6. The Morgan fingerprint density at radius 1 is 1.14 bits per heavy atom. The van der Waals surface area contributed by atoms with Gasteiger partial charge in [-0.3, -0.25) is 4.72 Å². The van der Waals surface area contributed by atoms with Gasteiger partial charge in [-0.05, 0) is 78.8 Å². The van der Waals surface area contributed by atoms with Crippen molar-refractivity contribution >= 4 is 23.9 Å². The molecule has 3 aromatic rings. The van der Waals surface area contributed by atoms with Crippen LogP contribution in [0.15, 0.2) is 53.4 Å². The maximum Gasteiger partial charge on any atom is 0.335 e. The number of carbonyl (C=O) groups is 1. The predicted molar refractivity (Wildman–Crippen MR) is 169 cm³/mol. The molecule has 9 heteroatoms. The third-order valence-electron chi connectivity index (χ3n) is 7.60. The summed E-state index contributed by atoms with van der Waals surface area (Å²) in [5, 5.41) is 13.1. The highest BCUT2D eigenvalue weighted by Crippen LogP contribution is 2.34. The molecule has 226 valence electrons. The van der Waals surface area contributed by atoms with Crippen LogP contribution in [0.4, 0.5) is 5.95 Å². The summed E-state index contributed by atoms with van der Waals surface area (Å²) in [6, 6.07) is 14.9. The molecule has 1 aliphatic rings. The van der Waals surface area contributed by atoms with E-state index in [9.17, 15) is 9.90 Å². The SMILES string of the molecule is Cc1cccc(C)c1-c1cc(OCC(CC(C)(C)C)NCC2OCCC2(C)C)nc(NSc2cccc(C(=O)O)c2)n1. The second-order valence-electron chi connectivity index (χ2n) is 13.0. The molecule has 3 N–H and O–H groups in total. The van der Waals surface area contributed by atoms with Crippen LogP contribution in [0.25, 0.3) is 11.3 Å². The third kappa shape index (κ3) is 8.69. The maximum absolute atomic E-state index is 11.4. The van der Waals surface area contributed by atoms with Gasteiger partial charge in [-0.25, -0.2) is 9.78 Å². The van der Waals surface area contributed by atoms with Crippen molar-refractivity contribution in [2.75, 3.05) is 24.5 Å². The first-order chi connectivity index (χ1) is 19.8. The second kappa shape index (κ2) is 13.4. The van der Waals surface area contributed by atoms with Gasteiger partial charge in [0, 0.05) is 35.7 Å². The number of benzene rings is 2. The van der Waals surface area contributed by atoms with Crippen LogP contribution in [-0.2, 0) is 4.74 Å². The number of anilines is 1. The Balaban J connectivity index is 1.57. The van der Waals surface area contributed by atoms with Crippen molar-refractivity contribution in [3.63, 3.8) is 0 Å². The first-order valence-corrected chi connectivity index (χ1v) is 15.3. The van der Waals surface area contributed by atoms with E-state index in [0.717, 1.165) is 53.3 Å². The van der Waals surface area contributed by atoms with Crippen LogP contribution in [0.3, 0.4) is 0 Å². The van der Waals surface area contributed by atoms with Gasteiger partial charge < -0.3 is 19.9 Å². The summed E-state index contributed by atoms with van der Waals surface area (Å²) in [5.74, 6) is -0.108. The molecule has 0 amide bonds. The number of aromatic nitrogens is 2. The molecule has 1 fully saturated rings. The number of aryl methyl sites for hydroxylation is 2. The van der Waals surface area contributed by atoms with Crippen molar-refractivity contribution < 1.29 is 19.4 Å². The highest BCUT2D eigenvalue weighted by Gasteiger charge is 2.36. The van der Waals surface area contributed by atoms with Crippen LogP contribution >= 0.6 is 11.9 Å². The van der Waals surface area contributed by atoms with Crippen LogP contribution in [0, 0.1) is 24.7 Å². The highest BCUT2D eigenvalue weighted by molar-refractivity contribution is 8.00. The molecule has 1 aromatic heterocycles. The van der Waals surface area contributed by atoms with E-state index in [-0.39, 0.29) is 28.5 Å². The molecule has 2 atom stereocenters. The Kier molecular flexibility index (Phi) is 10.2. The minimum Gasteiger partial charge on any atom is -0.478 e. The molecule has 2 heterocycles. The van der Waals surface area contributed by atoms with Gasteiger partial charge in [-0.15, -0.1) is 0 Å². The molecule has 0 aliphatic carbocycles. The van der Waals surface area contributed by atoms with Crippen LogP contribution in [0.1, 0.15) is 68.9 Å². The van der Waals surface area contributed by atoms with Gasteiger partial charge in [-0.2, -0.15) is 4.98 Å². The van der Waals surface area contributed by atoms with Crippen molar-refractivity contribution in [1.82, 2.24) is 15.3 Å². The number of carboxylic acids is 1. The second-order valence-corrected chi connectivity index (χ2v) is 13.9. The van der Waals surface area contributed by atoms with Gasteiger partial charge in [0.05, 0.1) is 17.4 Å². The fraction of sp³-hybridized carbons (Fsp3) is 0.485. The normalized spacial score (nSPS) is 17.2. The minimum absolute atomic E-state index is 0.105. The molecule has 1 aliphatic heterocycles. The standard InChI is InChI=1S/C33H44N4O4S/c1-21-10-8-11-22(2)29(21)26-17-28(36-31(35-26)37-42-25-13-9-12-23(16-25)30(38)39)41-20-24(18-32(3,4)5)34-19-27-33(6,7)14-15-40-27/h8-13,16-17,24,27,34H,14-15,18-20H2,1-7H3,(H,38,39)(H,35,36,37). The molecule has 42 heavy (non-hydrogen) atoms. The topological polar surface area (TPSA) is 106 Å². The molecular weight excluding hydrogens is 548 g/mol. The van der Waals surface area contributed by atoms with Gasteiger partial charge >= 0.3 is 5.97 Å². The monoisotopic (exact) mass is 592 g/mol. The summed E-state index contributed by atoms with van der Waals surface area (Å²) in [7, 11) is 0. The van der Waals surface area contributed by atoms with E-state index in [1.165, 1.54) is 11.9 Å². The molecule has 1 saturated heterocycles. The van der Waals surface area contributed by atoms with Crippen LogP contribution in [0.5, 0.6) is 5.88 Å². The first kappa shape index (κ1) is 31.8. The average Bonchev–Trinajstić information content (AvgIpc) is 3.26. The van der Waals surface area contributed by atoms with E-state index >= 15 is 0 Å². The molecule has 4 rings (SSSR count). The van der Waals surface area contributed by atoms with Gasteiger partial charge in [0.15, 0.2) is 0 Å².